The molecule has 0 heterocycles. The van der Waals surface area contributed by atoms with Crippen LogP contribution in [0.15, 0.2) is 71.6 Å². The molecule has 32 heavy (non-hydrogen) atoms. The van der Waals surface area contributed by atoms with Gasteiger partial charge in [0.2, 0.25) is 15.9 Å². The average molecular weight is 473 g/mol. The van der Waals surface area contributed by atoms with Gasteiger partial charge in [-0.3, -0.25) is 4.79 Å². The Bertz CT molecular complexity index is 1210. The largest absolute Gasteiger partial charge is 0.392 e. The van der Waals surface area contributed by atoms with Crippen LogP contribution < -0.4 is 5.32 Å². The van der Waals surface area contributed by atoms with Gasteiger partial charge in [-0.25, -0.2) is 8.42 Å². The number of hydrogen-bond acceptors (Lipinski definition) is 4. The summed E-state index contributed by atoms with van der Waals surface area (Å²) in [7, 11) is -3.96. The van der Waals surface area contributed by atoms with Gasteiger partial charge < -0.3 is 10.4 Å². The van der Waals surface area contributed by atoms with E-state index in [9.17, 15) is 18.3 Å². The molecule has 3 aromatic rings. The van der Waals surface area contributed by atoms with Crippen molar-refractivity contribution in [2.45, 2.75) is 31.9 Å². The van der Waals surface area contributed by atoms with Crippen molar-refractivity contribution in [2.24, 2.45) is 0 Å². The van der Waals surface area contributed by atoms with Gasteiger partial charge in [0.05, 0.1) is 18.0 Å². The molecule has 0 fully saturated rings. The van der Waals surface area contributed by atoms with Gasteiger partial charge in [-0.2, -0.15) is 4.31 Å². The average Bonchev–Trinajstić information content (AvgIpc) is 2.77. The molecule has 0 aliphatic rings. The number of rotatable bonds is 8. The number of benzene rings is 3. The summed E-state index contributed by atoms with van der Waals surface area (Å²) in [5.74, 6) is -0.482. The Labute approximate surface area is 193 Å². The van der Waals surface area contributed by atoms with Gasteiger partial charge in [-0.15, -0.1) is 0 Å². The van der Waals surface area contributed by atoms with Crippen molar-refractivity contribution in [3.8, 4) is 0 Å². The Morgan fingerprint density at radius 1 is 1.00 bits per heavy atom. The lowest BCUT2D eigenvalue weighted by atomic mass is 10.1. The zero-order valence-corrected chi connectivity index (χ0v) is 19.4. The first-order valence-electron chi connectivity index (χ1n) is 10.0. The topological polar surface area (TPSA) is 86.7 Å². The SMILES string of the molecule is Cc1ccc(S(=O)(=O)N(CC(=O)Nc2cccc(Cl)c2C)Cc2cccc(CO)c2)cc1. The third kappa shape index (κ3) is 5.75. The molecule has 0 aliphatic heterocycles. The van der Waals surface area contributed by atoms with E-state index in [1.165, 1.54) is 12.1 Å². The third-order valence-electron chi connectivity index (χ3n) is 5.05. The molecule has 0 saturated carbocycles. The number of amides is 1. The van der Waals surface area contributed by atoms with Crippen LogP contribution in [0.1, 0.15) is 22.3 Å². The van der Waals surface area contributed by atoms with Crippen molar-refractivity contribution >= 4 is 33.2 Å². The van der Waals surface area contributed by atoms with Crippen LogP contribution in [-0.2, 0) is 28.0 Å². The van der Waals surface area contributed by atoms with Crippen LogP contribution in [0.25, 0.3) is 0 Å². The van der Waals surface area contributed by atoms with Crippen molar-refractivity contribution < 1.29 is 18.3 Å². The first-order valence-corrected chi connectivity index (χ1v) is 11.8. The Balaban J connectivity index is 1.91. The van der Waals surface area contributed by atoms with E-state index in [-0.39, 0.29) is 24.6 Å². The highest BCUT2D eigenvalue weighted by atomic mass is 35.5. The van der Waals surface area contributed by atoms with Crippen LogP contribution in [0.4, 0.5) is 5.69 Å². The summed E-state index contributed by atoms with van der Waals surface area (Å²) in [6.07, 6.45) is 0. The van der Waals surface area contributed by atoms with E-state index in [0.717, 1.165) is 9.87 Å². The van der Waals surface area contributed by atoms with E-state index >= 15 is 0 Å². The molecule has 1 amide bonds. The molecule has 0 aliphatic carbocycles. The number of aliphatic hydroxyl groups is 1. The first kappa shape index (κ1) is 23.9. The monoisotopic (exact) mass is 472 g/mol. The van der Waals surface area contributed by atoms with Crippen LogP contribution in [0.3, 0.4) is 0 Å². The maximum absolute atomic E-state index is 13.4. The summed E-state index contributed by atoms with van der Waals surface area (Å²) >= 11 is 6.13. The molecule has 0 spiro atoms. The molecule has 0 bridgehead atoms. The number of anilines is 1. The van der Waals surface area contributed by atoms with Crippen LogP contribution in [0, 0.1) is 13.8 Å². The van der Waals surface area contributed by atoms with Crippen LogP contribution in [0.2, 0.25) is 5.02 Å². The van der Waals surface area contributed by atoms with Gasteiger partial charge in [0.25, 0.3) is 0 Å². The smallest absolute Gasteiger partial charge is 0.243 e. The fourth-order valence-corrected chi connectivity index (χ4v) is 4.77. The zero-order chi connectivity index (χ0) is 23.3. The number of nitrogens with one attached hydrogen (secondary N) is 1. The molecule has 0 aromatic heterocycles. The van der Waals surface area contributed by atoms with Crippen molar-refractivity contribution in [2.75, 3.05) is 11.9 Å². The second-order valence-corrected chi connectivity index (χ2v) is 9.87. The predicted octanol–water partition coefficient (Wildman–Crippen LogP) is 4.28. The van der Waals surface area contributed by atoms with Gasteiger partial charge in [-0.1, -0.05) is 59.6 Å². The zero-order valence-electron chi connectivity index (χ0n) is 17.9. The minimum Gasteiger partial charge on any atom is -0.392 e. The van der Waals surface area contributed by atoms with E-state index in [1.807, 2.05) is 6.92 Å². The Morgan fingerprint density at radius 2 is 1.66 bits per heavy atom. The summed E-state index contributed by atoms with van der Waals surface area (Å²) in [5.41, 5.74) is 3.48. The molecule has 0 radical (unpaired) electrons. The lowest BCUT2D eigenvalue weighted by Crippen LogP contribution is -2.37. The Kier molecular flexibility index (Phi) is 7.69. The van der Waals surface area contributed by atoms with E-state index in [0.29, 0.717) is 27.4 Å². The number of hydrogen-bond donors (Lipinski definition) is 2. The summed E-state index contributed by atoms with van der Waals surface area (Å²) in [5, 5.41) is 12.7. The summed E-state index contributed by atoms with van der Waals surface area (Å²) in [4.78, 5) is 12.9. The number of aryl methyl sites for hydroxylation is 1. The number of nitrogens with zero attached hydrogens (tertiary/aromatic N) is 1. The Hall–Kier alpha value is -2.71. The van der Waals surface area contributed by atoms with E-state index in [1.54, 1.807) is 61.5 Å². The van der Waals surface area contributed by atoms with E-state index in [2.05, 4.69) is 5.32 Å². The van der Waals surface area contributed by atoms with Gasteiger partial charge in [0.15, 0.2) is 0 Å². The quantitative estimate of drug-likeness (QED) is 0.512. The summed E-state index contributed by atoms with van der Waals surface area (Å²) < 4.78 is 27.9. The fraction of sp³-hybridized carbons (Fsp3) is 0.208. The van der Waals surface area contributed by atoms with Crippen LogP contribution in [-0.4, -0.2) is 30.3 Å². The normalized spacial score (nSPS) is 11.5. The molecule has 3 rings (SSSR count). The van der Waals surface area contributed by atoms with Crippen LogP contribution >= 0.6 is 11.6 Å². The third-order valence-corrected chi connectivity index (χ3v) is 7.27. The molecule has 0 unspecified atom stereocenters. The highest BCUT2D eigenvalue weighted by Crippen LogP contribution is 2.24. The highest BCUT2D eigenvalue weighted by Gasteiger charge is 2.27. The minimum atomic E-state index is -3.96. The molecule has 6 nitrogen and oxygen atoms in total. The molecule has 2 N–H and O–H groups in total. The minimum absolute atomic E-state index is 0.0218. The van der Waals surface area contributed by atoms with Crippen molar-refractivity contribution in [3.63, 3.8) is 0 Å². The fourth-order valence-electron chi connectivity index (χ4n) is 3.21. The van der Waals surface area contributed by atoms with Crippen molar-refractivity contribution in [1.82, 2.24) is 4.31 Å². The lowest BCUT2D eigenvalue weighted by Gasteiger charge is -2.22. The molecule has 0 atom stereocenters. The lowest BCUT2D eigenvalue weighted by molar-refractivity contribution is -0.116. The second-order valence-electron chi connectivity index (χ2n) is 7.52. The maximum Gasteiger partial charge on any atom is 0.243 e. The Morgan fingerprint density at radius 3 is 2.34 bits per heavy atom. The molecule has 168 valence electrons. The first-order chi connectivity index (χ1) is 15.2. The molecular weight excluding hydrogens is 448 g/mol. The number of carbonyl (C=O) groups excluding carboxylic acids is 1. The second kappa shape index (κ2) is 10.3. The highest BCUT2D eigenvalue weighted by molar-refractivity contribution is 7.89. The summed E-state index contributed by atoms with van der Waals surface area (Å²) in [6.45, 7) is 3.08. The van der Waals surface area contributed by atoms with Crippen molar-refractivity contribution in [3.05, 3.63) is 94.0 Å². The number of aliphatic hydroxyl groups excluding tert-OH is 1. The van der Waals surface area contributed by atoms with Gasteiger partial charge in [0.1, 0.15) is 0 Å². The van der Waals surface area contributed by atoms with Crippen LogP contribution in [0.5, 0.6) is 0 Å². The van der Waals surface area contributed by atoms with Gasteiger partial charge >= 0.3 is 0 Å². The van der Waals surface area contributed by atoms with E-state index < -0.39 is 15.9 Å². The standard InChI is InChI=1S/C24H25ClN2O4S/c1-17-9-11-21(12-10-17)32(30,31)27(14-19-5-3-6-20(13-19)16-28)15-24(29)26-23-8-4-7-22(25)18(23)2/h3-13,28H,14-16H2,1-2H3,(H,26,29). The molecule has 8 heteroatoms. The maximum atomic E-state index is 13.4. The number of sulfonamides is 1. The van der Waals surface area contributed by atoms with Gasteiger partial charge in [-0.05, 0) is 54.8 Å². The number of halogens is 1. The van der Waals surface area contributed by atoms with E-state index in [4.69, 9.17) is 11.6 Å². The number of carbonyl (C=O) groups is 1. The van der Waals surface area contributed by atoms with Crippen molar-refractivity contribution in [1.29, 1.82) is 0 Å². The van der Waals surface area contributed by atoms with Gasteiger partial charge in [0, 0.05) is 17.3 Å². The molecular formula is C24H25ClN2O4S. The predicted molar refractivity (Wildman–Crippen MR) is 126 cm³/mol. The molecule has 3 aromatic carbocycles. The summed E-state index contributed by atoms with van der Waals surface area (Å²) in [6, 6.07) is 18.6. The molecule has 0 saturated heterocycles.